The Bertz CT molecular complexity index is 1160. The Morgan fingerprint density at radius 3 is 2.56 bits per heavy atom. The Hall–Kier alpha value is -3.36. The Morgan fingerprint density at radius 2 is 1.94 bits per heavy atom. The normalized spacial score (nSPS) is 15.1. The minimum absolute atomic E-state index is 0.00294. The van der Waals surface area contributed by atoms with Gasteiger partial charge >= 0.3 is 0 Å². The monoisotopic (exact) mass is 528 g/mol. The molecular weight excluding hydrogens is 499 g/mol. The number of rotatable bonds is 9. The molecule has 1 saturated heterocycles. The summed E-state index contributed by atoms with van der Waals surface area (Å²) in [5.41, 5.74) is 2.32. The maximum atomic E-state index is 13.1. The van der Waals surface area contributed by atoms with Crippen LogP contribution in [-0.2, 0) is 11.3 Å². The van der Waals surface area contributed by atoms with E-state index in [9.17, 15) is 9.59 Å². The third-order valence-corrected chi connectivity index (χ3v) is 6.62. The van der Waals surface area contributed by atoms with Crippen molar-refractivity contribution < 1.29 is 9.59 Å². The first kappa shape index (κ1) is 27.2. The Labute approximate surface area is 221 Å². The zero-order chi connectivity index (χ0) is 26.1. The molecule has 3 rings (SSSR count). The van der Waals surface area contributed by atoms with E-state index in [2.05, 4.69) is 20.9 Å². The molecule has 1 aliphatic rings. The maximum Gasteiger partial charge on any atom is 0.273 e. The van der Waals surface area contributed by atoms with Gasteiger partial charge < -0.3 is 26.3 Å². The van der Waals surface area contributed by atoms with Crippen LogP contribution in [0.3, 0.4) is 0 Å². The van der Waals surface area contributed by atoms with Crippen molar-refractivity contribution in [3.63, 3.8) is 0 Å². The van der Waals surface area contributed by atoms with Crippen molar-refractivity contribution in [2.24, 2.45) is 0 Å². The Morgan fingerprint density at radius 1 is 1.19 bits per heavy atom. The van der Waals surface area contributed by atoms with Crippen LogP contribution < -0.4 is 16.0 Å². The Balaban J connectivity index is 1.57. The van der Waals surface area contributed by atoms with Crippen LogP contribution in [0, 0.1) is 5.41 Å². The molecule has 0 unspecified atom stereocenters. The lowest BCUT2D eigenvalue weighted by molar-refractivity contribution is -0.117. The molecule has 4 N–H and O–H groups in total. The summed E-state index contributed by atoms with van der Waals surface area (Å²) in [6, 6.07) is 8.85. The van der Waals surface area contributed by atoms with Crippen LogP contribution in [0.25, 0.3) is 0 Å². The topological polar surface area (TPSA) is 110 Å². The Kier molecular flexibility index (Phi) is 9.90. The van der Waals surface area contributed by atoms with E-state index in [0.29, 0.717) is 65.2 Å². The van der Waals surface area contributed by atoms with Crippen LogP contribution in [0.5, 0.6) is 0 Å². The van der Waals surface area contributed by atoms with Gasteiger partial charge in [-0.3, -0.25) is 14.6 Å². The molecule has 10 heteroatoms. The van der Waals surface area contributed by atoms with Crippen LogP contribution in [0.4, 0.5) is 0 Å². The van der Waals surface area contributed by atoms with Crippen LogP contribution in [0.2, 0.25) is 10.0 Å². The molecule has 190 valence electrons. The summed E-state index contributed by atoms with van der Waals surface area (Å²) in [4.78, 5) is 31.6. The highest BCUT2D eigenvalue weighted by molar-refractivity contribution is 6.42. The summed E-state index contributed by atoms with van der Waals surface area (Å²) in [7, 11) is 0. The molecule has 36 heavy (non-hydrogen) atoms. The van der Waals surface area contributed by atoms with E-state index in [1.807, 2.05) is 13.0 Å². The molecule has 1 aromatic carbocycles. The van der Waals surface area contributed by atoms with E-state index >= 15 is 0 Å². The molecule has 1 fully saturated rings. The highest BCUT2D eigenvalue weighted by atomic mass is 35.5. The highest BCUT2D eigenvalue weighted by Crippen LogP contribution is 2.22. The summed E-state index contributed by atoms with van der Waals surface area (Å²) in [6.45, 7) is 5.10. The molecule has 0 spiro atoms. The first-order valence-corrected chi connectivity index (χ1v) is 12.4. The molecule has 2 amide bonds. The van der Waals surface area contributed by atoms with Crippen LogP contribution >= 0.6 is 23.2 Å². The van der Waals surface area contributed by atoms with Gasteiger partial charge in [-0.1, -0.05) is 29.3 Å². The summed E-state index contributed by atoms with van der Waals surface area (Å²) in [6.07, 6.45) is 7.48. The standard InChI is InChI=1S/C26H30Cl2N6O2/c1-3-23(31-15-18-6-7-21(27)22(28)13-18)33-25(35)24(17(2)14-29)32-20-8-11-34(12-9-20)26(36)19-5-4-10-30-16-19/h3-7,10,13-14,16,20,29,31-32H,8-9,11-12,15H2,1-2H3,(H,33,35)/b23-3+,24-17-,29-14?. The summed E-state index contributed by atoms with van der Waals surface area (Å²) < 4.78 is 0. The summed E-state index contributed by atoms with van der Waals surface area (Å²) in [5, 5.41) is 18.0. The second kappa shape index (κ2) is 13.1. The van der Waals surface area contributed by atoms with Gasteiger partial charge in [0.25, 0.3) is 11.8 Å². The van der Waals surface area contributed by atoms with Crippen LogP contribution in [-0.4, -0.2) is 47.0 Å². The number of aromatic nitrogens is 1. The minimum Gasteiger partial charge on any atom is -0.377 e. The smallest absolute Gasteiger partial charge is 0.273 e. The van der Waals surface area contributed by atoms with Gasteiger partial charge in [-0.2, -0.15) is 0 Å². The van der Waals surface area contributed by atoms with Crippen molar-refractivity contribution in [3.05, 3.63) is 87.1 Å². The van der Waals surface area contributed by atoms with Gasteiger partial charge in [0.15, 0.2) is 0 Å². The number of nitrogens with zero attached hydrogens (tertiary/aromatic N) is 2. The van der Waals surface area contributed by atoms with E-state index in [-0.39, 0.29) is 17.9 Å². The molecule has 0 aliphatic carbocycles. The lowest BCUT2D eigenvalue weighted by atomic mass is 10.0. The largest absolute Gasteiger partial charge is 0.377 e. The van der Waals surface area contributed by atoms with Crippen molar-refractivity contribution in [2.75, 3.05) is 13.1 Å². The molecule has 2 aromatic rings. The van der Waals surface area contributed by atoms with E-state index in [1.165, 1.54) is 0 Å². The number of nitrogens with one attached hydrogen (secondary N) is 4. The molecule has 0 atom stereocenters. The lowest BCUT2D eigenvalue weighted by Gasteiger charge is -2.33. The minimum atomic E-state index is -0.348. The zero-order valence-electron chi connectivity index (χ0n) is 20.3. The fourth-order valence-electron chi connectivity index (χ4n) is 3.78. The maximum absolute atomic E-state index is 13.1. The quantitative estimate of drug-likeness (QED) is 0.287. The van der Waals surface area contributed by atoms with Gasteiger partial charge in [0, 0.05) is 44.3 Å². The van der Waals surface area contributed by atoms with Crippen molar-refractivity contribution in [1.82, 2.24) is 25.8 Å². The van der Waals surface area contributed by atoms with E-state index in [1.54, 1.807) is 54.6 Å². The number of amides is 2. The number of likely N-dealkylation sites (tertiary alicyclic amines) is 1. The van der Waals surface area contributed by atoms with Gasteiger partial charge in [0.2, 0.25) is 0 Å². The van der Waals surface area contributed by atoms with Crippen molar-refractivity contribution in [3.8, 4) is 0 Å². The molecule has 1 aromatic heterocycles. The first-order chi connectivity index (χ1) is 17.3. The number of piperidine rings is 1. The molecule has 0 bridgehead atoms. The van der Waals surface area contributed by atoms with Gasteiger partial charge in [0.1, 0.15) is 11.5 Å². The average Bonchev–Trinajstić information content (AvgIpc) is 2.91. The molecule has 0 radical (unpaired) electrons. The molecule has 0 saturated carbocycles. The number of pyridine rings is 1. The SMILES string of the molecule is C/C=C(\NCc1ccc(Cl)c(Cl)c1)NC(=O)/C(NC1CCN(C(=O)c2cccnc2)CC1)=C(\C)C=N. The molecule has 2 heterocycles. The van der Waals surface area contributed by atoms with E-state index < -0.39 is 0 Å². The number of carbonyl (C=O) groups is 2. The first-order valence-electron chi connectivity index (χ1n) is 11.6. The third-order valence-electron chi connectivity index (χ3n) is 5.88. The number of halogens is 2. The van der Waals surface area contributed by atoms with Crippen LogP contribution in [0.15, 0.2) is 65.9 Å². The van der Waals surface area contributed by atoms with Gasteiger partial charge in [-0.15, -0.1) is 0 Å². The fraction of sp³-hybridized carbons (Fsp3) is 0.308. The number of allylic oxidation sites excluding steroid dienone is 2. The molecule has 8 nitrogen and oxygen atoms in total. The predicted octanol–water partition coefficient (Wildman–Crippen LogP) is 4.27. The van der Waals surface area contributed by atoms with Crippen molar-refractivity contribution >= 4 is 41.2 Å². The average molecular weight is 529 g/mol. The molecular formula is C26H30Cl2N6O2. The number of carbonyl (C=O) groups excluding carboxylic acids is 2. The molecule has 1 aliphatic heterocycles. The van der Waals surface area contributed by atoms with E-state index in [0.717, 1.165) is 11.8 Å². The van der Waals surface area contributed by atoms with Crippen LogP contribution in [0.1, 0.15) is 42.6 Å². The summed E-state index contributed by atoms with van der Waals surface area (Å²) in [5.74, 6) is 0.135. The summed E-state index contributed by atoms with van der Waals surface area (Å²) >= 11 is 12.1. The predicted molar refractivity (Wildman–Crippen MR) is 143 cm³/mol. The number of hydrogen-bond acceptors (Lipinski definition) is 6. The number of benzene rings is 1. The second-order valence-corrected chi connectivity index (χ2v) is 9.23. The zero-order valence-corrected chi connectivity index (χ0v) is 21.8. The van der Waals surface area contributed by atoms with Crippen molar-refractivity contribution in [2.45, 2.75) is 39.3 Å². The highest BCUT2D eigenvalue weighted by Gasteiger charge is 2.26. The fourth-order valence-corrected chi connectivity index (χ4v) is 4.10. The van der Waals surface area contributed by atoms with Gasteiger partial charge in [-0.25, -0.2) is 0 Å². The van der Waals surface area contributed by atoms with Gasteiger partial charge in [0.05, 0.1) is 15.6 Å². The van der Waals surface area contributed by atoms with Crippen molar-refractivity contribution in [1.29, 1.82) is 5.41 Å². The number of hydrogen-bond donors (Lipinski definition) is 4. The second-order valence-electron chi connectivity index (χ2n) is 8.41. The third kappa shape index (κ3) is 7.32. The van der Waals surface area contributed by atoms with Gasteiger partial charge in [-0.05, 0) is 68.2 Å². The lowest BCUT2D eigenvalue weighted by Crippen LogP contribution is -2.47. The van der Waals surface area contributed by atoms with E-state index in [4.69, 9.17) is 28.6 Å².